The molecule has 3 rings (SSSR count). The molecule has 0 bridgehead atoms. The van der Waals surface area contributed by atoms with E-state index >= 15 is 0 Å². The van der Waals surface area contributed by atoms with Crippen LogP contribution >= 0.6 is 0 Å². The molecule has 8 heteroatoms. The number of hydrogen-bond donors (Lipinski definition) is 0. The van der Waals surface area contributed by atoms with E-state index in [2.05, 4.69) is 0 Å². The van der Waals surface area contributed by atoms with Gasteiger partial charge in [0.15, 0.2) is 0 Å². The van der Waals surface area contributed by atoms with Crippen molar-refractivity contribution in [3.8, 4) is 5.75 Å². The topological polar surface area (TPSA) is 76.2 Å². The Balaban J connectivity index is 1.65. The molecular formula is C16H22N2O5S. The summed E-state index contributed by atoms with van der Waals surface area (Å²) in [5, 5.41) is 0. The van der Waals surface area contributed by atoms with Gasteiger partial charge in [-0.3, -0.25) is 4.79 Å². The van der Waals surface area contributed by atoms with E-state index in [-0.39, 0.29) is 30.0 Å². The number of hydrogen-bond acceptors (Lipinski definition) is 5. The van der Waals surface area contributed by atoms with Gasteiger partial charge in [0, 0.05) is 38.9 Å². The van der Waals surface area contributed by atoms with Crippen LogP contribution in [-0.2, 0) is 19.6 Å². The molecule has 1 amide bonds. The predicted molar refractivity (Wildman–Crippen MR) is 87.3 cm³/mol. The Morgan fingerprint density at radius 3 is 2.62 bits per heavy atom. The van der Waals surface area contributed by atoms with Crippen molar-refractivity contribution in [2.75, 3.05) is 39.9 Å². The van der Waals surface area contributed by atoms with Crippen molar-refractivity contribution in [3.05, 3.63) is 24.3 Å². The lowest BCUT2D eigenvalue weighted by atomic mass is 10.2. The van der Waals surface area contributed by atoms with Crippen molar-refractivity contribution >= 4 is 15.9 Å². The van der Waals surface area contributed by atoms with E-state index in [1.54, 1.807) is 23.1 Å². The van der Waals surface area contributed by atoms with Crippen molar-refractivity contribution in [2.24, 2.45) is 0 Å². The second-order valence-electron chi connectivity index (χ2n) is 5.91. The third-order valence-electron chi connectivity index (χ3n) is 4.43. The summed E-state index contributed by atoms with van der Waals surface area (Å²) in [4.78, 5) is 14.2. The first-order valence-corrected chi connectivity index (χ1v) is 9.51. The Labute approximate surface area is 142 Å². The summed E-state index contributed by atoms with van der Waals surface area (Å²) in [7, 11) is -2.08. The number of piperazine rings is 1. The molecule has 7 nitrogen and oxygen atoms in total. The molecule has 0 spiro atoms. The van der Waals surface area contributed by atoms with Gasteiger partial charge in [0.25, 0.3) is 5.91 Å². The Kier molecular flexibility index (Phi) is 5.07. The van der Waals surface area contributed by atoms with E-state index in [9.17, 15) is 13.2 Å². The zero-order valence-electron chi connectivity index (χ0n) is 13.7. The van der Waals surface area contributed by atoms with Gasteiger partial charge in [-0.25, -0.2) is 8.42 Å². The Bertz CT molecular complexity index is 692. The Hall–Kier alpha value is -1.64. The molecule has 0 N–H and O–H groups in total. The minimum Gasteiger partial charge on any atom is -0.497 e. The van der Waals surface area contributed by atoms with Gasteiger partial charge >= 0.3 is 0 Å². The highest BCUT2D eigenvalue weighted by molar-refractivity contribution is 7.89. The lowest BCUT2D eigenvalue weighted by Gasteiger charge is -2.35. The van der Waals surface area contributed by atoms with Gasteiger partial charge < -0.3 is 14.4 Å². The minimum absolute atomic E-state index is 0.0223. The maximum absolute atomic E-state index is 12.7. The Morgan fingerprint density at radius 2 is 2.00 bits per heavy atom. The van der Waals surface area contributed by atoms with Gasteiger partial charge in [0.1, 0.15) is 11.9 Å². The first-order valence-electron chi connectivity index (χ1n) is 8.07. The van der Waals surface area contributed by atoms with Crippen LogP contribution < -0.4 is 4.74 Å². The summed E-state index contributed by atoms with van der Waals surface area (Å²) in [6, 6.07) is 6.43. The average molecular weight is 354 g/mol. The molecule has 0 radical (unpaired) electrons. The summed E-state index contributed by atoms with van der Waals surface area (Å²) in [6.07, 6.45) is 1.30. The van der Waals surface area contributed by atoms with E-state index in [0.717, 1.165) is 12.8 Å². The highest BCUT2D eigenvalue weighted by Crippen LogP contribution is 2.23. The van der Waals surface area contributed by atoms with E-state index in [0.29, 0.717) is 25.4 Å². The number of amides is 1. The van der Waals surface area contributed by atoms with Gasteiger partial charge in [0.2, 0.25) is 10.0 Å². The van der Waals surface area contributed by atoms with Gasteiger partial charge in [-0.1, -0.05) is 6.07 Å². The largest absolute Gasteiger partial charge is 0.497 e. The van der Waals surface area contributed by atoms with Crippen LogP contribution in [0.15, 0.2) is 29.2 Å². The van der Waals surface area contributed by atoms with Crippen LogP contribution in [0.5, 0.6) is 5.75 Å². The van der Waals surface area contributed by atoms with Crippen molar-refractivity contribution < 1.29 is 22.7 Å². The molecule has 2 aliphatic heterocycles. The second kappa shape index (κ2) is 7.08. The number of carbonyl (C=O) groups is 1. The Morgan fingerprint density at radius 1 is 1.25 bits per heavy atom. The van der Waals surface area contributed by atoms with Crippen molar-refractivity contribution in [1.82, 2.24) is 9.21 Å². The van der Waals surface area contributed by atoms with Crippen molar-refractivity contribution in [3.63, 3.8) is 0 Å². The number of ether oxygens (including phenoxy) is 2. The minimum atomic E-state index is -3.58. The molecule has 1 aromatic rings. The summed E-state index contributed by atoms with van der Waals surface area (Å²) >= 11 is 0. The fourth-order valence-electron chi connectivity index (χ4n) is 3.04. The van der Waals surface area contributed by atoms with Crippen LogP contribution in [0.2, 0.25) is 0 Å². The molecule has 0 saturated carbocycles. The molecule has 2 fully saturated rings. The molecule has 0 aromatic heterocycles. The number of carbonyl (C=O) groups excluding carboxylic acids is 1. The summed E-state index contributed by atoms with van der Waals surface area (Å²) in [5.41, 5.74) is 0. The maximum atomic E-state index is 12.7. The maximum Gasteiger partial charge on any atom is 0.251 e. The number of methoxy groups -OCH3 is 1. The van der Waals surface area contributed by atoms with Crippen LogP contribution in [0, 0.1) is 0 Å². The van der Waals surface area contributed by atoms with Crippen LogP contribution in [0.25, 0.3) is 0 Å². The van der Waals surface area contributed by atoms with Crippen LogP contribution in [0.1, 0.15) is 12.8 Å². The standard InChI is InChI=1S/C16H22N2O5S/c1-22-13-4-2-5-14(12-13)24(20,21)18-9-7-17(8-10-18)16(19)15-6-3-11-23-15/h2,4-5,12,15H,3,6-11H2,1H3/t15-/m0/s1. The lowest BCUT2D eigenvalue weighted by molar-refractivity contribution is -0.142. The predicted octanol–water partition coefficient (Wildman–Crippen LogP) is 0.707. The molecule has 0 aliphatic carbocycles. The third kappa shape index (κ3) is 3.40. The van der Waals surface area contributed by atoms with E-state index < -0.39 is 10.0 Å². The van der Waals surface area contributed by atoms with E-state index in [1.165, 1.54) is 17.5 Å². The van der Waals surface area contributed by atoms with Crippen LogP contribution in [-0.4, -0.2) is 69.5 Å². The first kappa shape index (κ1) is 17.2. The van der Waals surface area contributed by atoms with Gasteiger partial charge in [0.05, 0.1) is 12.0 Å². The number of sulfonamides is 1. The second-order valence-corrected chi connectivity index (χ2v) is 7.85. The monoisotopic (exact) mass is 354 g/mol. The van der Waals surface area contributed by atoms with Gasteiger partial charge in [-0.15, -0.1) is 0 Å². The fourth-order valence-corrected chi connectivity index (χ4v) is 4.49. The molecule has 132 valence electrons. The quantitative estimate of drug-likeness (QED) is 0.796. The lowest BCUT2D eigenvalue weighted by Crippen LogP contribution is -2.52. The SMILES string of the molecule is COc1cccc(S(=O)(=O)N2CCN(C(=O)[C@@H]3CCCO3)CC2)c1. The van der Waals surface area contributed by atoms with Crippen molar-refractivity contribution in [1.29, 1.82) is 0 Å². The molecular weight excluding hydrogens is 332 g/mol. The van der Waals surface area contributed by atoms with Crippen LogP contribution in [0.3, 0.4) is 0 Å². The van der Waals surface area contributed by atoms with Crippen molar-refractivity contribution in [2.45, 2.75) is 23.8 Å². The highest BCUT2D eigenvalue weighted by atomic mass is 32.2. The van der Waals surface area contributed by atoms with Gasteiger partial charge in [-0.2, -0.15) is 4.31 Å². The van der Waals surface area contributed by atoms with Gasteiger partial charge in [-0.05, 0) is 25.0 Å². The summed E-state index contributed by atoms with van der Waals surface area (Å²) in [5.74, 6) is 0.481. The third-order valence-corrected chi connectivity index (χ3v) is 6.33. The number of benzene rings is 1. The molecule has 24 heavy (non-hydrogen) atoms. The normalized spacial score (nSPS) is 22.5. The molecule has 1 aromatic carbocycles. The number of nitrogens with zero attached hydrogens (tertiary/aromatic N) is 2. The van der Waals surface area contributed by atoms with E-state index in [4.69, 9.17) is 9.47 Å². The first-order chi connectivity index (χ1) is 11.5. The zero-order valence-corrected chi connectivity index (χ0v) is 14.5. The highest BCUT2D eigenvalue weighted by Gasteiger charge is 2.34. The summed E-state index contributed by atoms with van der Waals surface area (Å²) in [6.45, 7) is 1.99. The summed E-state index contributed by atoms with van der Waals surface area (Å²) < 4.78 is 37.4. The number of rotatable bonds is 4. The fraction of sp³-hybridized carbons (Fsp3) is 0.562. The van der Waals surface area contributed by atoms with Crippen LogP contribution in [0.4, 0.5) is 0 Å². The molecule has 0 unspecified atom stereocenters. The molecule has 1 atom stereocenters. The smallest absolute Gasteiger partial charge is 0.251 e. The zero-order chi connectivity index (χ0) is 17.2. The molecule has 2 heterocycles. The van der Waals surface area contributed by atoms with E-state index in [1.807, 2.05) is 0 Å². The average Bonchev–Trinajstić information content (AvgIpc) is 3.16. The molecule has 2 saturated heterocycles. The molecule has 2 aliphatic rings.